The third-order valence-electron chi connectivity index (χ3n) is 2.36. The minimum absolute atomic E-state index is 0.236. The first-order chi connectivity index (χ1) is 8.20. The molecule has 2 aromatic rings. The number of aromatic nitrogens is 1. The maximum Gasteiger partial charge on any atom is 0.293 e. The summed E-state index contributed by atoms with van der Waals surface area (Å²) in [6.45, 7) is 0.601. The lowest BCUT2D eigenvalue weighted by Crippen LogP contribution is -1.97. The zero-order valence-electron chi connectivity index (χ0n) is 8.82. The maximum absolute atomic E-state index is 13.0. The monoisotopic (exact) mass is 237 g/mol. The Bertz CT molecular complexity index is 557. The topological polar surface area (TPSA) is 39.2 Å². The van der Waals surface area contributed by atoms with Crippen LogP contribution in [0.1, 0.15) is 5.56 Å². The summed E-state index contributed by atoms with van der Waals surface area (Å²) in [5.74, 6) is -1.82. The van der Waals surface area contributed by atoms with Gasteiger partial charge in [-0.25, -0.2) is 8.78 Å². The van der Waals surface area contributed by atoms with Gasteiger partial charge in [-0.05, 0) is 17.7 Å². The summed E-state index contributed by atoms with van der Waals surface area (Å²) in [5, 5.41) is 0.521. The third-order valence-corrected chi connectivity index (χ3v) is 2.36. The molecule has 0 fully saturated rings. The molecule has 1 aromatic heterocycles. The normalized spacial score (nSPS) is 10.5. The molecule has 0 aliphatic rings. The number of pyridine rings is 1. The van der Waals surface area contributed by atoms with Gasteiger partial charge in [-0.15, -0.1) is 0 Å². The Balaban J connectivity index is 2.30. The smallest absolute Gasteiger partial charge is 0.293 e. The highest BCUT2D eigenvalue weighted by Crippen LogP contribution is 2.17. The fraction of sp³-hybridized carbons (Fsp3) is 0.167. The summed E-state index contributed by atoms with van der Waals surface area (Å²) < 4.78 is 30.5. The predicted octanol–water partition coefficient (Wildman–Crippen LogP) is 2.23. The molecule has 17 heavy (non-hydrogen) atoms. The van der Waals surface area contributed by atoms with Crippen LogP contribution in [0.15, 0.2) is 24.4 Å². The van der Waals surface area contributed by atoms with E-state index in [1.165, 1.54) is 0 Å². The van der Waals surface area contributed by atoms with Gasteiger partial charge in [-0.3, -0.25) is 9.78 Å². The van der Waals surface area contributed by atoms with Crippen LogP contribution < -0.4 is 0 Å². The van der Waals surface area contributed by atoms with Crippen molar-refractivity contribution < 1.29 is 18.3 Å². The van der Waals surface area contributed by atoms with Gasteiger partial charge in [0.25, 0.3) is 6.47 Å². The average Bonchev–Trinajstić information content (AvgIpc) is 2.31. The maximum atomic E-state index is 13.0. The number of hydrogen-bond acceptors (Lipinski definition) is 3. The number of carbonyl (C=O) groups is 1. The van der Waals surface area contributed by atoms with Crippen LogP contribution in [-0.4, -0.2) is 18.1 Å². The SMILES string of the molecule is O=COCCc1cnc2cc(F)c(F)cc2c1. The van der Waals surface area contributed by atoms with E-state index >= 15 is 0 Å². The third kappa shape index (κ3) is 2.55. The molecule has 0 aliphatic carbocycles. The average molecular weight is 237 g/mol. The highest BCUT2D eigenvalue weighted by Gasteiger charge is 2.05. The number of ether oxygens (including phenoxy) is 1. The highest BCUT2D eigenvalue weighted by molar-refractivity contribution is 5.79. The van der Waals surface area contributed by atoms with E-state index in [4.69, 9.17) is 0 Å². The van der Waals surface area contributed by atoms with Crippen LogP contribution in [0.2, 0.25) is 0 Å². The minimum Gasteiger partial charge on any atom is -0.468 e. The van der Waals surface area contributed by atoms with E-state index in [0.29, 0.717) is 23.8 Å². The van der Waals surface area contributed by atoms with Gasteiger partial charge in [0.1, 0.15) is 0 Å². The molecule has 1 heterocycles. The van der Waals surface area contributed by atoms with Crippen molar-refractivity contribution in [2.24, 2.45) is 0 Å². The zero-order chi connectivity index (χ0) is 12.3. The predicted molar refractivity (Wildman–Crippen MR) is 57.4 cm³/mol. The summed E-state index contributed by atoms with van der Waals surface area (Å²) >= 11 is 0. The van der Waals surface area contributed by atoms with Crippen LogP contribution in [0, 0.1) is 11.6 Å². The van der Waals surface area contributed by atoms with E-state index in [-0.39, 0.29) is 6.61 Å². The van der Waals surface area contributed by atoms with Gasteiger partial charge >= 0.3 is 0 Å². The van der Waals surface area contributed by atoms with Gasteiger partial charge in [0.05, 0.1) is 12.1 Å². The molecule has 5 heteroatoms. The second-order valence-electron chi connectivity index (χ2n) is 3.52. The second-order valence-corrected chi connectivity index (χ2v) is 3.52. The summed E-state index contributed by atoms with van der Waals surface area (Å²) in [6, 6.07) is 3.84. The Morgan fingerprint density at radius 3 is 2.76 bits per heavy atom. The van der Waals surface area contributed by atoms with E-state index in [1.54, 1.807) is 12.3 Å². The fourth-order valence-corrected chi connectivity index (χ4v) is 1.53. The van der Waals surface area contributed by atoms with Crippen molar-refractivity contribution >= 4 is 17.4 Å². The van der Waals surface area contributed by atoms with Crippen LogP contribution in [0.5, 0.6) is 0 Å². The molecule has 0 aliphatic heterocycles. The van der Waals surface area contributed by atoms with E-state index in [9.17, 15) is 13.6 Å². The summed E-state index contributed by atoms with van der Waals surface area (Å²) in [6.07, 6.45) is 2.04. The molecule has 0 unspecified atom stereocenters. The number of hydrogen-bond donors (Lipinski definition) is 0. The number of rotatable bonds is 4. The number of halogens is 2. The van der Waals surface area contributed by atoms with Crippen LogP contribution in [0.3, 0.4) is 0 Å². The van der Waals surface area contributed by atoms with Crippen molar-refractivity contribution in [1.29, 1.82) is 0 Å². The van der Waals surface area contributed by atoms with Gasteiger partial charge in [0.15, 0.2) is 11.6 Å². The standard InChI is InChI=1S/C12H9F2NO2/c13-10-4-9-3-8(1-2-17-7-16)6-15-12(9)5-11(10)14/h3-7H,1-2H2. The van der Waals surface area contributed by atoms with Gasteiger partial charge in [0, 0.05) is 24.1 Å². The van der Waals surface area contributed by atoms with Gasteiger partial charge in [-0.1, -0.05) is 0 Å². The number of nitrogens with zero attached hydrogens (tertiary/aromatic N) is 1. The Morgan fingerprint density at radius 2 is 2.00 bits per heavy atom. The Kier molecular flexibility index (Phi) is 3.27. The summed E-state index contributed by atoms with van der Waals surface area (Å²) in [4.78, 5) is 14.0. The Morgan fingerprint density at radius 1 is 1.24 bits per heavy atom. The fourth-order valence-electron chi connectivity index (χ4n) is 1.53. The van der Waals surface area contributed by atoms with Gasteiger partial charge in [-0.2, -0.15) is 0 Å². The molecule has 88 valence electrons. The molecular formula is C12H9F2NO2. The van der Waals surface area contributed by atoms with Crippen LogP contribution >= 0.6 is 0 Å². The van der Waals surface area contributed by atoms with Crippen molar-refractivity contribution in [3.8, 4) is 0 Å². The lowest BCUT2D eigenvalue weighted by atomic mass is 10.1. The molecule has 0 radical (unpaired) electrons. The number of benzene rings is 1. The molecule has 3 nitrogen and oxygen atoms in total. The van der Waals surface area contributed by atoms with Gasteiger partial charge < -0.3 is 4.74 Å². The molecule has 2 rings (SSSR count). The molecule has 0 spiro atoms. The quantitative estimate of drug-likeness (QED) is 0.604. The van der Waals surface area contributed by atoms with Crippen molar-refractivity contribution in [1.82, 2.24) is 4.98 Å². The highest BCUT2D eigenvalue weighted by atomic mass is 19.2. The minimum atomic E-state index is -0.915. The van der Waals surface area contributed by atoms with E-state index in [2.05, 4.69) is 9.72 Å². The molecule has 0 amide bonds. The molecular weight excluding hydrogens is 228 g/mol. The molecule has 0 bridgehead atoms. The van der Waals surface area contributed by atoms with E-state index in [0.717, 1.165) is 17.7 Å². The van der Waals surface area contributed by atoms with Crippen molar-refractivity contribution in [2.45, 2.75) is 6.42 Å². The van der Waals surface area contributed by atoms with Crippen LogP contribution in [0.4, 0.5) is 8.78 Å². The number of carbonyl (C=O) groups excluding carboxylic acids is 1. The van der Waals surface area contributed by atoms with Crippen molar-refractivity contribution in [2.75, 3.05) is 6.61 Å². The molecule has 0 N–H and O–H groups in total. The van der Waals surface area contributed by atoms with E-state index < -0.39 is 11.6 Å². The Labute approximate surface area is 96.0 Å². The molecule has 0 saturated carbocycles. The summed E-state index contributed by atoms with van der Waals surface area (Å²) in [7, 11) is 0. The summed E-state index contributed by atoms with van der Waals surface area (Å²) in [5.41, 5.74) is 1.19. The largest absolute Gasteiger partial charge is 0.468 e. The van der Waals surface area contributed by atoms with Crippen molar-refractivity contribution in [3.05, 3.63) is 41.6 Å². The van der Waals surface area contributed by atoms with E-state index in [1.807, 2.05) is 0 Å². The molecule has 0 atom stereocenters. The molecule has 0 saturated heterocycles. The lowest BCUT2D eigenvalue weighted by molar-refractivity contribution is -0.128. The van der Waals surface area contributed by atoms with Crippen LogP contribution in [0.25, 0.3) is 10.9 Å². The molecule has 1 aromatic carbocycles. The van der Waals surface area contributed by atoms with Crippen molar-refractivity contribution in [3.63, 3.8) is 0 Å². The first kappa shape index (κ1) is 11.4. The first-order valence-electron chi connectivity index (χ1n) is 4.99. The number of fused-ring (bicyclic) bond motifs is 1. The van der Waals surface area contributed by atoms with Crippen LogP contribution in [-0.2, 0) is 16.0 Å². The Hall–Kier alpha value is -2.04. The van der Waals surface area contributed by atoms with Gasteiger partial charge in [0.2, 0.25) is 0 Å². The lowest BCUT2D eigenvalue weighted by Gasteiger charge is -2.03. The first-order valence-corrected chi connectivity index (χ1v) is 4.99. The zero-order valence-corrected chi connectivity index (χ0v) is 8.82. The second kappa shape index (κ2) is 4.86.